The van der Waals surface area contributed by atoms with Gasteiger partial charge in [-0.1, -0.05) is 26.6 Å². The number of rotatable bonds is 3. The van der Waals surface area contributed by atoms with Gasteiger partial charge in [-0.2, -0.15) is 0 Å². The van der Waals surface area contributed by atoms with Crippen LogP contribution in [0.4, 0.5) is 4.79 Å². The van der Waals surface area contributed by atoms with Crippen LogP contribution in [-0.4, -0.2) is 25.9 Å². The lowest BCUT2D eigenvalue weighted by molar-refractivity contribution is -0.143. The van der Waals surface area contributed by atoms with Gasteiger partial charge in [-0.3, -0.25) is 20.2 Å². The molecule has 0 radical (unpaired) electrons. The molecule has 0 atom stereocenters. The zero-order valence-corrected chi connectivity index (χ0v) is 11.1. The molecule has 5 nitrogen and oxygen atoms in total. The summed E-state index contributed by atoms with van der Waals surface area (Å²) >= 11 is 0. The van der Waals surface area contributed by atoms with Gasteiger partial charge in [0.05, 0.1) is 0 Å². The Kier molecular flexibility index (Phi) is 3.23. The van der Waals surface area contributed by atoms with Crippen molar-refractivity contribution in [1.29, 1.82) is 0 Å². The summed E-state index contributed by atoms with van der Waals surface area (Å²) in [6.45, 7) is 8.10. The van der Waals surface area contributed by atoms with Crippen LogP contribution in [0.5, 0.6) is 0 Å². The third-order valence-corrected chi connectivity index (χ3v) is 4.42. The Labute approximate surface area is 96.0 Å². The van der Waals surface area contributed by atoms with Gasteiger partial charge < -0.3 is 0 Å². The fraction of sp³-hybridized carbons (Fsp3) is 0.700. The van der Waals surface area contributed by atoms with Gasteiger partial charge in [0.15, 0.2) is 0 Å². The van der Waals surface area contributed by atoms with Gasteiger partial charge in [-0.25, -0.2) is 4.79 Å². The molecule has 1 heterocycles. The zero-order chi connectivity index (χ0) is 12.6. The van der Waals surface area contributed by atoms with E-state index in [1.807, 2.05) is 0 Å². The number of amides is 4. The molecule has 0 saturated carbocycles. The van der Waals surface area contributed by atoms with E-state index in [1.54, 1.807) is 6.92 Å². The molecule has 0 aromatic rings. The maximum absolute atomic E-state index is 11.9. The number of carbonyl (C=O) groups is 3. The highest BCUT2D eigenvalue weighted by molar-refractivity contribution is 6.76. The first-order valence-electron chi connectivity index (χ1n) is 5.38. The smallest absolute Gasteiger partial charge is 0.277 e. The lowest BCUT2D eigenvalue weighted by Crippen LogP contribution is -2.63. The van der Waals surface area contributed by atoms with Crippen LogP contribution in [0.3, 0.4) is 0 Å². The fourth-order valence-electron chi connectivity index (χ4n) is 2.09. The summed E-state index contributed by atoms with van der Waals surface area (Å²) in [6.07, 6.45) is 0.419. The molecule has 1 rings (SSSR count). The Morgan fingerprint density at radius 2 is 1.50 bits per heavy atom. The maximum Gasteiger partial charge on any atom is 0.328 e. The molecule has 0 aromatic carbocycles. The maximum atomic E-state index is 11.9. The van der Waals surface area contributed by atoms with Gasteiger partial charge in [0.1, 0.15) is 5.41 Å². The third kappa shape index (κ3) is 2.32. The Bertz CT molecular complexity index is 326. The minimum atomic E-state index is -1.58. The molecule has 1 saturated heterocycles. The molecule has 90 valence electrons. The van der Waals surface area contributed by atoms with E-state index in [4.69, 9.17) is 0 Å². The van der Waals surface area contributed by atoms with Crippen molar-refractivity contribution in [2.75, 3.05) is 0 Å². The van der Waals surface area contributed by atoms with Crippen LogP contribution in [-0.2, 0) is 9.59 Å². The molecule has 0 bridgehead atoms. The highest BCUT2D eigenvalue weighted by atomic mass is 28.3. The molecule has 0 spiro atoms. The quantitative estimate of drug-likeness (QED) is 0.574. The molecule has 0 unspecified atom stereocenters. The molecule has 0 aliphatic carbocycles. The lowest BCUT2D eigenvalue weighted by atomic mass is 9.84. The van der Waals surface area contributed by atoms with Crippen LogP contribution in [0.2, 0.25) is 25.7 Å². The first-order chi connectivity index (χ1) is 7.21. The summed E-state index contributed by atoms with van der Waals surface area (Å²) in [5, 5.41) is 4.37. The van der Waals surface area contributed by atoms with Crippen molar-refractivity contribution in [1.82, 2.24) is 10.6 Å². The second-order valence-corrected chi connectivity index (χ2v) is 10.9. The second kappa shape index (κ2) is 4.01. The molecular weight excluding hydrogens is 224 g/mol. The monoisotopic (exact) mass is 242 g/mol. The first-order valence-corrected chi connectivity index (χ1v) is 9.09. The van der Waals surface area contributed by atoms with E-state index in [0.29, 0.717) is 12.5 Å². The highest BCUT2D eigenvalue weighted by Crippen LogP contribution is 2.34. The molecule has 6 heteroatoms. The molecular formula is C10H18N2O3Si. The number of carbonyl (C=O) groups excluding carboxylic acids is 3. The van der Waals surface area contributed by atoms with E-state index >= 15 is 0 Å². The lowest BCUT2D eigenvalue weighted by Gasteiger charge is -2.36. The fourth-order valence-corrected chi connectivity index (χ4v) is 4.47. The molecule has 1 fully saturated rings. The predicted octanol–water partition coefficient (Wildman–Crippen LogP) is 1.09. The van der Waals surface area contributed by atoms with Crippen molar-refractivity contribution < 1.29 is 14.4 Å². The van der Waals surface area contributed by atoms with Gasteiger partial charge >= 0.3 is 6.03 Å². The topological polar surface area (TPSA) is 75.3 Å². The third-order valence-electron chi connectivity index (χ3n) is 2.76. The number of hydrogen-bond acceptors (Lipinski definition) is 3. The Balaban J connectivity index is 3.06. The van der Waals surface area contributed by atoms with Crippen LogP contribution < -0.4 is 10.6 Å². The van der Waals surface area contributed by atoms with Gasteiger partial charge in [0, 0.05) is 8.07 Å². The number of imide groups is 2. The summed E-state index contributed by atoms with van der Waals surface area (Å²) in [6, 6.07) is -0.156. The summed E-state index contributed by atoms with van der Waals surface area (Å²) in [7, 11) is -1.58. The van der Waals surface area contributed by atoms with E-state index in [2.05, 4.69) is 30.3 Å². The Morgan fingerprint density at radius 1 is 1.06 bits per heavy atom. The van der Waals surface area contributed by atoms with Crippen LogP contribution in [0.25, 0.3) is 0 Å². The van der Waals surface area contributed by atoms with Crippen molar-refractivity contribution in [2.45, 2.75) is 39.0 Å². The van der Waals surface area contributed by atoms with Crippen molar-refractivity contribution in [3.63, 3.8) is 0 Å². The minimum absolute atomic E-state index is 0.419. The average molecular weight is 242 g/mol. The van der Waals surface area contributed by atoms with Gasteiger partial charge in [0.25, 0.3) is 0 Å². The standard InChI is InChI=1S/C10H18N2O3Si/c1-5-10(6-16(2,3)4)7(13)11-9(15)12-8(10)14/h5-6H2,1-4H3,(H2,11,12,13,14,15). The summed E-state index contributed by atoms with van der Waals surface area (Å²) in [5.41, 5.74) is -1.06. The molecule has 16 heavy (non-hydrogen) atoms. The molecule has 2 N–H and O–H groups in total. The second-order valence-electron chi connectivity index (χ2n) is 5.41. The van der Waals surface area contributed by atoms with E-state index in [-0.39, 0.29) is 0 Å². The van der Waals surface area contributed by atoms with E-state index in [0.717, 1.165) is 0 Å². The van der Waals surface area contributed by atoms with Gasteiger partial charge in [0.2, 0.25) is 11.8 Å². The van der Waals surface area contributed by atoms with Gasteiger partial charge in [-0.15, -0.1) is 0 Å². The highest BCUT2D eigenvalue weighted by Gasteiger charge is 2.50. The normalized spacial score (nSPS) is 20.4. The van der Waals surface area contributed by atoms with Crippen LogP contribution in [0.1, 0.15) is 13.3 Å². The summed E-state index contributed by atoms with van der Waals surface area (Å²) in [5.74, 6) is -0.905. The first kappa shape index (κ1) is 12.9. The van der Waals surface area contributed by atoms with Crippen molar-refractivity contribution in [3.8, 4) is 0 Å². The van der Waals surface area contributed by atoms with Crippen LogP contribution in [0.15, 0.2) is 0 Å². The van der Waals surface area contributed by atoms with Crippen molar-refractivity contribution in [2.24, 2.45) is 5.41 Å². The SMILES string of the molecule is CCC1(C[Si](C)(C)C)C(=O)NC(=O)NC1=O. The Hall–Kier alpha value is -1.17. The number of hydrogen-bond donors (Lipinski definition) is 2. The molecule has 4 amide bonds. The van der Waals surface area contributed by atoms with Crippen molar-refractivity contribution >= 4 is 25.9 Å². The molecule has 1 aliphatic rings. The van der Waals surface area contributed by atoms with Crippen LogP contribution >= 0.6 is 0 Å². The van der Waals surface area contributed by atoms with E-state index in [9.17, 15) is 14.4 Å². The molecule has 1 aliphatic heterocycles. The number of barbiturate groups is 1. The molecule has 0 aromatic heterocycles. The van der Waals surface area contributed by atoms with Gasteiger partial charge in [-0.05, 0) is 12.5 Å². The average Bonchev–Trinajstić information content (AvgIpc) is 2.09. The largest absolute Gasteiger partial charge is 0.328 e. The predicted molar refractivity (Wildman–Crippen MR) is 62.6 cm³/mol. The zero-order valence-electron chi connectivity index (χ0n) is 10.1. The van der Waals surface area contributed by atoms with E-state index < -0.39 is 31.3 Å². The van der Waals surface area contributed by atoms with Crippen molar-refractivity contribution in [3.05, 3.63) is 0 Å². The summed E-state index contributed by atoms with van der Waals surface area (Å²) < 4.78 is 0. The summed E-state index contributed by atoms with van der Waals surface area (Å²) in [4.78, 5) is 34.8. The number of urea groups is 1. The number of nitrogens with one attached hydrogen (secondary N) is 2. The Morgan fingerprint density at radius 3 is 1.81 bits per heavy atom. The minimum Gasteiger partial charge on any atom is -0.277 e. The van der Waals surface area contributed by atoms with Crippen LogP contribution in [0, 0.1) is 5.41 Å². The van der Waals surface area contributed by atoms with E-state index in [1.165, 1.54) is 0 Å².